The fourth-order valence-corrected chi connectivity index (χ4v) is 4.80. The third-order valence-electron chi connectivity index (χ3n) is 5.22. The summed E-state index contributed by atoms with van der Waals surface area (Å²) in [5.41, 5.74) is 10.2. The van der Waals surface area contributed by atoms with E-state index in [-0.39, 0.29) is 0 Å². The molecule has 5 rings (SSSR count). The van der Waals surface area contributed by atoms with Crippen molar-refractivity contribution in [1.29, 1.82) is 0 Å². The average molecular weight is 386 g/mol. The summed E-state index contributed by atoms with van der Waals surface area (Å²) in [4.78, 5) is 12.3. The lowest BCUT2D eigenvalue weighted by atomic mass is 10.1. The van der Waals surface area contributed by atoms with Gasteiger partial charge in [-0.25, -0.2) is 4.99 Å². The quantitative estimate of drug-likeness (QED) is 0.629. The number of para-hydroxylation sites is 2. The summed E-state index contributed by atoms with van der Waals surface area (Å²) in [6.45, 7) is 3.65. The lowest BCUT2D eigenvalue weighted by molar-refractivity contribution is 0.386. The normalized spacial score (nSPS) is 16.1. The number of benzene rings is 3. The van der Waals surface area contributed by atoms with E-state index < -0.39 is 0 Å². The van der Waals surface area contributed by atoms with E-state index in [4.69, 9.17) is 10.7 Å². The van der Waals surface area contributed by atoms with Gasteiger partial charge < -0.3 is 15.5 Å². The summed E-state index contributed by atoms with van der Waals surface area (Å²) in [6.07, 6.45) is 0. The number of amidine groups is 1. The molecule has 3 aromatic carbocycles. The molecule has 0 atom stereocenters. The number of anilines is 2. The standard InChI is InChI=1S/C23H21N4S/c24-18-8-2-4-10-20(18)26-13-15-27(16-14-26)23-17-7-1-5-11-21(17)28-22-12-6-3-9-19(22)25-23/h1-7,9-12H,13-16,24H2. The lowest BCUT2D eigenvalue weighted by Crippen LogP contribution is -2.49. The van der Waals surface area contributed by atoms with E-state index in [0.29, 0.717) is 0 Å². The molecule has 2 aliphatic rings. The number of hydrogen-bond acceptors (Lipinski definition) is 5. The second kappa shape index (κ2) is 7.24. The molecule has 28 heavy (non-hydrogen) atoms. The number of rotatable bonds is 1. The Balaban J connectivity index is 1.46. The van der Waals surface area contributed by atoms with Gasteiger partial charge in [0.1, 0.15) is 5.84 Å². The molecular weight excluding hydrogens is 364 g/mol. The maximum Gasteiger partial charge on any atom is 0.137 e. The molecule has 0 aliphatic carbocycles. The van der Waals surface area contributed by atoms with Gasteiger partial charge >= 0.3 is 0 Å². The Morgan fingerprint density at radius 1 is 0.821 bits per heavy atom. The summed E-state index contributed by atoms with van der Waals surface area (Å²) in [5.74, 6) is 1.07. The van der Waals surface area contributed by atoms with Crippen molar-refractivity contribution in [3.63, 3.8) is 0 Å². The van der Waals surface area contributed by atoms with Crippen molar-refractivity contribution in [3.05, 3.63) is 78.4 Å². The summed E-state index contributed by atoms with van der Waals surface area (Å²) in [5, 5.41) is 0. The molecule has 4 nitrogen and oxygen atoms in total. The molecule has 5 heteroatoms. The molecule has 3 aromatic rings. The molecular formula is C23H21N4S. The van der Waals surface area contributed by atoms with Gasteiger partial charge in [0.05, 0.1) is 17.1 Å². The van der Waals surface area contributed by atoms with Crippen LogP contribution in [0.1, 0.15) is 5.56 Å². The fraction of sp³-hybridized carbons (Fsp3) is 0.174. The van der Waals surface area contributed by atoms with Crippen molar-refractivity contribution in [2.24, 2.45) is 4.99 Å². The average Bonchev–Trinajstić information content (AvgIpc) is 2.91. The van der Waals surface area contributed by atoms with Gasteiger partial charge in [-0.3, -0.25) is 0 Å². The second-order valence-corrected chi connectivity index (χ2v) is 8.03. The van der Waals surface area contributed by atoms with E-state index in [0.717, 1.165) is 49.1 Å². The van der Waals surface area contributed by atoms with Crippen LogP contribution in [0.2, 0.25) is 0 Å². The molecule has 1 fully saturated rings. The van der Waals surface area contributed by atoms with Gasteiger partial charge in [0, 0.05) is 47.6 Å². The van der Waals surface area contributed by atoms with Gasteiger partial charge in [-0.15, -0.1) is 0 Å². The largest absolute Gasteiger partial charge is 0.397 e. The second-order valence-electron chi connectivity index (χ2n) is 6.94. The van der Waals surface area contributed by atoms with E-state index in [9.17, 15) is 0 Å². The number of nitrogens with two attached hydrogens (primary N) is 1. The predicted molar refractivity (Wildman–Crippen MR) is 117 cm³/mol. The first-order valence-corrected chi connectivity index (χ1v) is 10.3. The van der Waals surface area contributed by atoms with Gasteiger partial charge in [-0.1, -0.05) is 54.2 Å². The number of nitrogen functional groups attached to an aromatic ring is 1. The van der Waals surface area contributed by atoms with E-state index >= 15 is 0 Å². The fourth-order valence-electron chi connectivity index (χ4n) is 3.79. The van der Waals surface area contributed by atoms with Crippen LogP contribution in [0.5, 0.6) is 0 Å². The van der Waals surface area contributed by atoms with Gasteiger partial charge in [0.25, 0.3) is 0 Å². The topological polar surface area (TPSA) is 44.9 Å². The minimum absolute atomic E-state index is 0.721. The number of hydrogen-bond donors (Lipinski definition) is 1. The molecule has 0 aromatic heterocycles. The molecule has 1 radical (unpaired) electrons. The monoisotopic (exact) mass is 385 g/mol. The first kappa shape index (κ1) is 17.2. The summed E-state index contributed by atoms with van der Waals surface area (Å²) >= 11 is 1.80. The van der Waals surface area contributed by atoms with E-state index in [1.165, 1.54) is 15.4 Å². The Hall–Kier alpha value is -2.92. The Labute approximate surface area is 169 Å². The SMILES string of the molecule is Nc1[c]cccc1N1CCN(C2=Nc3ccccc3Sc3ccccc32)CC1. The van der Waals surface area contributed by atoms with Crippen LogP contribution >= 0.6 is 11.8 Å². The third-order valence-corrected chi connectivity index (χ3v) is 6.37. The van der Waals surface area contributed by atoms with Crippen molar-refractivity contribution in [3.8, 4) is 0 Å². The highest BCUT2D eigenvalue weighted by molar-refractivity contribution is 7.99. The first-order valence-electron chi connectivity index (χ1n) is 9.50. The number of nitrogens with zero attached hydrogens (tertiary/aromatic N) is 3. The smallest absolute Gasteiger partial charge is 0.137 e. The van der Waals surface area contributed by atoms with Crippen molar-refractivity contribution >= 4 is 34.7 Å². The first-order chi connectivity index (χ1) is 13.8. The zero-order valence-corrected chi connectivity index (χ0v) is 16.3. The third kappa shape index (κ3) is 3.12. The molecule has 0 amide bonds. The van der Waals surface area contributed by atoms with Crippen LogP contribution in [0.3, 0.4) is 0 Å². The molecule has 0 spiro atoms. The highest BCUT2D eigenvalue weighted by atomic mass is 32.2. The van der Waals surface area contributed by atoms with E-state index in [1.807, 2.05) is 12.1 Å². The summed E-state index contributed by atoms with van der Waals surface area (Å²) in [6, 6.07) is 26.0. The zero-order valence-electron chi connectivity index (χ0n) is 15.5. The number of fused-ring (bicyclic) bond motifs is 2. The Kier molecular flexibility index (Phi) is 4.45. The van der Waals surface area contributed by atoms with Crippen molar-refractivity contribution < 1.29 is 0 Å². The maximum absolute atomic E-state index is 6.13. The van der Waals surface area contributed by atoms with Gasteiger partial charge in [-0.2, -0.15) is 0 Å². The highest BCUT2D eigenvalue weighted by Crippen LogP contribution is 2.40. The van der Waals surface area contributed by atoms with Crippen molar-refractivity contribution in [1.82, 2.24) is 4.90 Å². The van der Waals surface area contributed by atoms with Gasteiger partial charge in [0.2, 0.25) is 0 Å². The van der Waals surface area contributed by atoms with Gasteiger partial charge in [-0.05, 0) is 24.3 Å². The minimum atomic E-state index is 0.721. The minimum Gasteiger partial charge on any atom is -0.397 e. The van der Waals surface area contributed by atoms with Crippen LogP contribution in [0.25, 0.3) is 0 Å². The van der Waals surface area contributed by atoms with E-state index in [1.54, 1.807) is 11.8 Å². The summed E-state index contributed by atoms with van der Waals surface area (Å²) in [7, 11) is 0. The number of aliphatic imine (C=N–C) groups is 1. The molecule has 2 N–H and O–H groups in total. The predicted octanol–water partition coefficient (Wildman–Crippen LogP) is 4.43. The maximum atomic E-state index is 6.13. The summed E-state index contributed by atoms with van der Waals surface area (Å²) < 4.78 is 0. The molecule has 0 bridgehead atoms. The number of piperazine rings is 1. The van der Waals surface area contributed by atoms with Crippen molar-refractivity contribution in [2.45, 2.75) is 9.79 Å². The molecule has 2 heterocycles. The molecule has 1 saturated heterocycles. The van der Waals surface area contributed by atoms with E-state index in [2.05, 4.69) is 70.5 Å². The van der Waals surface area contributed by atoms with Crippen LogP contribution in [0.4, 0.5) is 17.1 Å². The lowest BCUT2D eigenvalue weighted by Gasteiger charge is -2.38. The Morgan fingerprint density at radius 2 is 1.54 bits per heavy atom. The van der Waals surface area contributed by atoms with Crippen LogP contribution < -0.4 is 10.6 Å². The highest BCUT2D eigenvalue weighted by Gasteiger charge is 2.25. The van der Waals surface area contributed by atoms with Crippen molar-refractivity contribution in [2.75, 3.05) is 36.8 Å². The van der Waals surface area contributed by atoms with Crippen LogP contribution in [-0.2, 0) is 0 Å². The van der Waals surface area contributed by atoms with Crippen LogP contribution in [0, 0.1) is 6.07 Å². The Morgan fingerprint density at radius 3 is 2.36 bits per heavy atom. The van der Waals surface area contributed by atoms with Crippen LogP contribution in [-0.4, -0.2) is 36.9 Å². The zero-order chi connectivity index (χ0) is 18.9. The van der Waals surface area contributed by atoms with Crippen LogP contribution in [0.15, 0.2) is 81.5 Å². The Bertz CT molecular complexity index is 1040. The molecule has 0 saturated carbocycles. The molecule has 0 unspecified atom stereocenters. The van der Waals surface area contributed by atoms with Gasteiger partial charge in [0.15, 0.2) is 0 Å². The molecule has 139 valence electrons. The molecule has 2 aliphatic heterocycles.